The van der Waals surface area contributed by atoms with Crippen LogP contribution in [0.2, 0.25) is 0 Å². The van der Waals surface area contributed by atoms with Gasteiger partial charge in [-0.15, -0.1) is 0 Å². The van der Waals surface area contributed by atoms with Crippen LogP contribution in [-0.4, -0.2) is 12.7 Å². The molecule has 0 N–H and O–H groups in total. The highest BCUT2D eigenvalue weighted by Gasteiger charge is 2.31. The molecule has 0 aromatic carbocycles. The summed E-state index contributed by atoms with van der Waals surface area (Å²) in [5, 5.41) is 0. The SMILES string of the molecule is CCCCC1CCC(C2CCC(OCC3CCC(CCC)CC3)CC2)CC1. The highest BCUT2D eigenvalue weighted by Crippen LogP contribution is 2.42. The van der Waals surface area contributed by atoms with E-state index in [-0.39, 0.29) is 0 Å². The summed E-state index contributed by atoms with van der Waals surface area (Å²) in [5.74, 6) is 5.04. The standard InChI is InChI=1S/C26H48O/c1-3-5-7-22-12-14-24(15-13-22)25-16-18-26(19-17-25)27-20-23-10-8-21(6-4-2)9-11-23/h21-26H,3-20H2,1-2H3. The van der Waals surface area contributed by atoms with E-state index in [4.69, 9.17) is 4.74 Å². The zero-order valence-corrected chi connectivity index (χ0v) is 18.6. The van der Waals surface area contributed by atoms with Crippen molar-refractivity contribution in [2.45, 2.75) is 129 Å². The minimum absolute atomic E-state index is 0.593. The van der Waals surface area contributed by atoms with Crippen LogP contribution in [0.4, 0.5) is 0 Å². The predicted molar refractivity (Wildman–Crippen MR) is 117 cm³/mol. The number of rotatable bonds is 9. The molecule has 0 aromatic heterocycles. The Kier molecular flexibility index (Phi) is 9.50. The Morgan fingerprint density at radius 2 is 1.07 bits per heavy atom. The van der Waals surface area contributed by atoms with Crippen molar-refractivity contribution in [3.05, 3.63) is 0 Å². The van der Waals surface area contributed by atoms with Crippen LogP contribution in [0, 0.1) is 29.6 Å². The molecular weight excluding hydrogens is 328 g/mol. The Morgan fingerprint density at radius 1 is 0.556 bits per heavy atom. The highest BCUT2D eigenvalue weighted by atomic mass is 16.5. The van der Waals surface area contributed by atoms with E-state index in [0.29, 0.717) is 6.10 Å². The van der Waals surface area contributed by atoms with Gasteiger partial charge in [0, 0.05) is 6.61 Å². The van der Waals surface area contributed by atoms with Gasteiger partial charge in [0.2, 0.25) is 0 Å². The van der Waals surface area contributed by atoms with Crippen LogP contribution in [0.5, 0.6) is 0 Å². The molecule has 3 fully saturated rings. The van der Waals surface area contributed by atoms with E-state index in [0.717, 1.165) is 36.2 Å². The Hall–Kier alpha value is -0.0400. The minimum Gasteiger partial charge on any atom is -0.378 e. The molecule has 3 saturated carbocycles. The van der Waals surface area contributed by atoms with E-state index < -0.39 is 0 Å². The first-order valence-corrected chi connectivity index (χ1v) is 12.9. The molecule has 0 aliphatic heterocycles. The molecule has 0 heterocycles. The highest BCUT2D eigenvalue weighted by molar-refractivity contribution is 4.82. The lowest BCUT2D eigenvalue weighted by Gasteiger charge is -2.38. The number of hydrogen-bond donors (Lipinski definition) is 0. The maximum absolute atomic E-state index is 6.41. The van der Waals surface area contributed by atoms with Crippen LogP contribution in [0.15, 0.2) is 0 Å². The lowest BCUT2D eigenvalue weighted by molar-refractivity contribution is -0.0171. The van der Waals surface area contributed by atoms with Crippen molar-refractivity contribution < 1.29 is 4.74 Å². The monoisotopic (exact) mass is 376 g/mol. The third-order valence-electron chi connectivity index (χ3n) is 8.47. The number of hydrogen-bond acceptors (Lipinski definition) is 1. The van der Waals surface area contributed by atoms with E-state index in [2.05, 4.69) is 13.8 Å². The van der Waals surface area contributed by atoms with Gasteiger partial charge >= 0.3 is 0 Å². The van der Waals surface area contributed by atoms with Gasteiger partial charge in [0.05, 0.1) is 6.10 Å². The molecule has 1 heteroatoms. The molecule has 3 rings (SSSR count). The Bertz CT molecular complexity index is 368. The van der Waals surface area contributed by atoms with E-state index in [1.165, 1.54) is 109 Å². The second-order valence-electron chi connectivity index (χ2n) is 10.5. The van der Waals surface area contributed by atoms with Crippen molar-refractivity contribution in [3.8, 4) is 0 Å². The van der Waals surface area contributed by atoms with Gasteiger partial charge in [-0.25, -0.2) is 0 Å². The van der Waals surface area contributed by atoms with Crippen molar-refractivity contribution in [3.63, 3.8) is 0 Å². The second-order valence-corrected chi connectivity index (χ2v) is 10.5. The summed E-state index contributed by atoms with van der Waals surface area (Å²) >= 11 is 0. The second kappa shape index (κ2) is 11.8. The van der Waals surface area contributed by atoms with Crippen molar-refractivity contribution in [2.75, 3.05) is 6.61 Å². The first kappa shape index (κ1) is 21.7. The van der Waals surface area contributed by atoms with Crippen molar-refractivity contribution >= 4 is 0 Å². The van der Waals surface area contributed by atoms with Gasteiger partial charge in [-0.3, -0.25) is 0 Å². The van der Waals surface area contributed by atoms with Crippen LogP contribution in [-0.2, 0) is 4.74 Å². The molecule has 158 valence electrons. The molecule has 0 radical (unpaired) electrons. The fourth-order valence-corrected chi connectivity index (χ4v) is 6.54. The minimum atomic E-state index is 0.593. The first-order valence-electron chi connectivity index (χ1n) is 12.9. The third kappa shape index (κ3) is 7.06. The molecule has 0 amide bonds. The summed E-state index contributed by atoms with van der Waals surface area (Å²) < 4.78 is 6.41. The molecule has 0 spiro atoms. The molecule has 1 nitrogen and oxygen atoms in total. The average Bonchev–Trinajstić information content (AvgIpc) is 2.73. The van der Waals surface area contributed by atoms with Crippen molar-refractivity contribution in [2.24, 2.45) is 29.6 Å². The normalized spacial score (nSPS) is 38.0. The van der Waals surface area contributed by atoms with Crippen molar-refractivity contribution in [1.82, 2.24) is 0 Å². The first-order chi connectivity index (χ1) is 13.3. The maximum Gasteiger partial charge on any atom is 0.0575 e. The van der Waals surface area contributed by atoms with E-state index in [1.807, 2.05) is 0 Å². The van der Waals surface area contributed by atoms with Crippen LogP contribution in [0.1, 0.15) is 123 Å². The Labute approximate surface area is 170 Å². The van der Waals surface area contributed by atoms with Gasteiger partial charge in [0.1, 0.15) is 0 Å². The van der Waals surface area contributed by atoms with Gasteiger partial charge in [0.25, 0.3) is 0 Å². The fourth-order valence-electron chi connectivity index (χ4n) is 6.54. The summed E-state index contributed by atoms with van der Waals surface area (Å²) in [7, 11) is 0. The number of ether oxygens (including phenoxy) is 1. The Morgan fingerprint density at radius 3 is 1.67 bits per heavy atom. The molecule has 3 aliphatic carbocycles. The maximum atomic E-state index is 6.41. The van der Waals surface area contributed by atoms with E-state index >= 15 is 0 Å². The Balaban J connectivity index is 1.26. The van der Waals surface area contributed by atoms with Crippen LogP contribution in [0.3, 0.4) is 0 Å². The molecular formula is C26H48O. The van der Waals surface area contributed by atoms with Gasteiger partial charge < -0.3 is 4.74 Å². The lowest BCUT2D eigenvalue weighted by atomic mass is 9.70. The largest absolute Gasteiger partial charge is 0.378 e. The summed E-state index contributed by atoms with van der Waals surface area (Å²) in [6.07, 6.45) is 25.3. The third-order valence-corrected chi connectivity index (χ3v) is 8.47. The predicted octanol–water partition coefficient (Wildman–Crippen LogP) is 8.16. The summed E-state index contributed by atoms with van der Waals surface area (Å²) in [5.41, 5.74) is 0. The van der Waals surface area contributed by atoms with Crippen LogP contribution in [0.25, 0.3) is 0 Å². The van der Waals surface area contributed by atoms with Gasteiger partial charge in [-0.1, -0.05) is 71.6 Å². The van der Waals surface area contributed by atoms with Crippen LogP contribution < -0.4 is 0 Å². The van der Waals surface area contributed by atoms with Gasteiger partial charge in [-0.05, 0) is 81.0 Å². The zero-order chi connectivity index (χ0) is 18.9. The number of unbranched alkanes of at least 4 members (excludes halogenated alkanes) is 1. The van der Waals surface area contributed by atoms with E-state index in [9.17, 15) is 0 Å². The smallest absolute Gasteiger partial charge is 0.0575 e. The molecule has 0 bridgehead atoms. The molecule has 27 heavy (non-hydrogen) atoms. The van der Waals surface area contributed by atoms with Crippen LogP contribution >= 0.6 is 0 Å². The van der Waals surface area contributed by atoms with E-state index in [1.54, 1.807) is 0 Å². The summed E-state index contributed by atoms with van der Waals surface area (Å²) in [6, 6.07) is 0. The average molecular weight is 377 g/mol. The molecule has 0 atom stereocenters. The quantitative estimate of drug-likeness (QED) is 0.394. The summed E-state index contributed by atoms with van der Waals surface area (Å²) in [4.78, 5) is 0. The molecule has 3 aliphatic rings. The topological polar surface area (TPSA) is 9.23 Å². The molecule has 0 saturated heterocycles. The molecule has 0 unspecified atom stereocenters. The fraction of sp³-hybridized carbons (Fsp3) is 1.00. The lowest BCUT2D eigenvalue weighted by Crippen LogP contribution is -2.30. The zero-order valence-electron chi connectivity index (χ0n) is 18.6. The molecule has 0 aromatic rings. The van der Waals surface area contributed by atoms with Crippen molar-refractivity contribution in [1.29, 1.82) is 0 Å². The van der Waals surface area contributed by atoms with Gasteiger partial charge in [0.15, 0.2) is 0 Å². The van der Waals surface area contributed by atoms with Gasteiger partial charge in [-0.2, -0.15) is 0 Å². The summed E-state index contributed by atoms with van der Waals surface area (Å²) in [6.45, 7) is 5.74.